The molecule has 156 valence electrons. The lowest BCUT2D eigenvalue weighted by Gasteiger charge is -2.29. The topological polar surface area (TPSA) is 29.5 Å². The zero-order chi connectivity index (χ0) is 21.1. The maximum absolute atomic E-state index is 12.9. The van der Waals surface area contributed by atoms with Gasteiger partial charge in [-0.2, -0.15) is 0 Å². The van der Waals surface area contributed by atoms with E-state index in [-0.39, 0.29) is 17.8 Å². The summed E-state index contributed by atoms with van der Waals surface area (Å²) in [5, 5.41) is 0. The number of para-hydroxylation sites is 1. The fourth-order valence-corrected chi connectivity index (χ4v) is 5.82. The van der Waals surface area contributed by atoms with Crippen molar-refractivity contribution in [3.05, 3.63) is 72.3 Å². The molecule has 0 aromatic heterocycles. The number of esters is 1. The van der Waals surface area contributed by atoms with Crippen LogP contribution in [0.25, 0.3) is 0 Å². The summed E-state index contributed by atoms with van der Waals surface area (Å²) in [7, 11) is 2.10. The average molecular weight is 420 g/mol. The number of anilines is 2. The molecule has 2 aromatic rings. The molecule has 0 amide bonds. The lowest BCUT2D eigenvalue weighted by molar-refractivity contribution is -0.150. The molecule has 0 radical (unpaired) electrons. The summed E-state index contributed by atoms with van der Waals surface area (Å²) in [5.41, 5.74) is 3.45. The van der Waals surface area contributed by atoms with Crippen molar-refractivity contribution >= 4 is 29.1 Å². The average Bonchev–Trinajstić information content (AvgIpc) is 3.15. The zero-order valence-electron chi connectivity index (χ0n) is 17.9. The van der Waals surface area contributed by atoms with E-state index in [9.17, 15) is 4.79 Å². The molecule has 4 rings (SSSR count). The molecule has 3 nitrogen and oxygen atoms in total. The minimum atomic E-state index is -0.0714. The van der Waals surface area contributed by atoms with Gasteiger partial charge >= 0.3 is 5.97 Å². The van der Waals surface area contributed by atoms with Crippen molar-refractivity contribution in [3.8, 4) is 0 Å². The van der Waals surface area contributed by atoms with Gasteiger partial charge in [0.2, 0.25) is 0 Å². The highest BCUT2D eigenvalue weighted by Gasteiger charge is 2.37. The largest absolute Gasteiger partial charge is 0.461 e. The summed E-state index contributed by atoms with van der Waals surface area (Å²) in [6, 6.07) is 14.8. The van der Waals surface area contributed by atoms with Crippen LogP contribution in [0.3, 0.4) is 0 Å². The molecule has 0 spiro atoms. The number of rotatable bonds is 5. The summed E-state index contributed by atoms with van der Waals surface area (Å²) >= 11 is 1.77. The molecule has 1 saturated carbocycles. The number of ether oxygens (including phenoxy) is 1. The van der Waals surface area contributed by atoms with E-state index in [0.717, 1.165) is 18.4 Å². The van der Waals surface area contributed by atoms with Gasteiger partial charge in [-0.05, 0) is 68.4 Å². The Hall–Kier alpha value is -2.46. The third-order valence-corrected chi connectivity index (χ3v) is 7.18. The summed E-state index contributed by atoms with van der Waals surface area (Å²) in [6.45, 7) is 4.39. The fraction of sp³-hybridized carbons (Fsp3) is 0.346. The first kappa shape index (κ1) is 20.8. The third-order valence-electron chi connectivity index (χ3n) is 6.07. The zero-order valence-corrected chi connectivity index (χ0v) is 18.7. The Morgan fingerprint density at radius 2 is 1.83 bits per heavy atom. The summed E-state index contributed by atoms with van der Waals surface area (Å²) in [4.78, 5) is 17.5. The van der Waals surface area contributed by atoms with Crippen LogP contribution in [-0.2, 0) is 16.1 Å². The van der Waals surface area contributed by atoms with Crippen LogP contribution in [-0.4, -0.2) is 13.0 Å². The maximum Gasteiger partial charge on any atom is 0.309 e. The SMILES string of the molecule is C/C=C\C1CC(/C=C\C)C(C(=O)OCc2ccc3c(c2)Sc2ccccc2N3C)C1. The highest BCUT2D eigenvalue weighted by Crippen LogP contribution is 2.47. The molecule has 1 aliphatic carbocycles. The van der Waals surface area contributed by atoms with Crippen LogP contribution in [0.2, 0.25) is 0 Å². The number of hydrogen-bond donors (Lipinski definition) is 0. The van der Waals surface area contributed by atoms with Gasteiger partial charge in [0.05, 0.1) is 17.3 Å². The van der Waals surface area contributed by atoms with E-state index >= 15 is 0 Å². The van der Waals surface area contributed by atoms with Crippen molar-refractivity contribution in [1.29, 1.82) is 0 Å². The molecule has 30 heavy (non-hydrogen) atoms. The fourth-order valence-electron chi connectivity index (χ4n) is 4.61. The number of fused-ring (bicyclic) bond motifs is 2. The monoisotopic (exact) mass is 419 g/mol. The maximum atomic E-state index is 12.9. The Balaban J connectivity index is 1.44. The molecule has 1 aliphatic heterocycles. The second kappa shape index (κ2) is 9.13. The molecule has 0 N–H and O–H groups in total. The van der Waals surface area contributed by atoms with E-state index in [1.54, 1.807) is 11.8 Å². The minimum Gasteiger partial charge on any atom is -0.461 e. The molecule has 1 fully saturated rings. The van der Waals surface area contributed by atoms with Crippen molar-refractivity contribution in [2.24, 2.45) is 17.8 Å². The molecule has 4 heteroatoms. The van der Waals surface area contributed by atoms with Crippen molar-refractivity contribution < 1.29 is 9.53 Å². The summed E-state index contributed by atoms with van der Waals surface area (Å²) < 4.78 is 5.78. The third kappa shape index (κ3) is 4.20. The van der Waals surface area contributed by atoms with Crippen LogP contribution in [0.4, 0.5) is 11.4 Å². The van der Waals surface area contributed by atoms with Crippen LogP contribution < -0.4 is 4.90 Å². The minimum absolute atomic E-state index is 0.0487. The Kier molecular flexibility index (Phi) is 6.33. The van der Waals surface area contributed by atoms with Gasteiger partial charge in [0.25, 0.3) is 0 Å². The first-order valence-electron chi connectivity index (χ1n) is 10.7. The molecule has 3 unspecified atom stereocenters. The predicted octanol–water partition coefficient (Wildman–Crippen LogP) is 6.76. The number of hydrogen-bond acceptors (Lipinski definition) is 4. The van der Waals surface area contributed by atoms with E-state index in [0.29, 0.717) is 12.5 Å². The molecule has 2 aliphatic rings. The summed E-state index contributed by atoms with van der Waals surface area (Å²) in [6.07, 6.45) is 10.4. The van der Waals surface area contributed by atoms with Gasteiger partial charge in [0.15, 0.2) is 0 Å². The lowest BCUT2D eigenvalue weighted by Crippen LogP contribution is -2.20. The van der Waals surface area contributed by atoms with E-state index in [1.165, 1.54) is 21.2 Å². The van der Waals surface area contributed by atoms with Crippen molar-refractivity contribution in [1.82, 2.24) is 0 Å². The summed E-state index contributed by atoms with van der Waals surface area (Å²) in [5.74, 6) is 0.614. The smallest absolute Gasteiger partial charge is 0.309 e. The number of carbonyl (C=O) groups excluding carboxylic acids is 1. The molecule has 2 aromatic carbocycles. The number of allylic oxidation sites excluding steroid dienone is 4. The molecular formula is C26H29NO2S. The first-order valence-corrected chi connectivity index (χ1v) is 11.5. The van der Waals surface area contributed by atoms with Gasteiger partial charge in [-0.3, -0.25) is 4.79 Å². The van der Waals surface area contributed by atoms with E-state index in [2.05, 4.69) is 78.7 Å². The van der Waals surface area contributed by atoms with Crippen LogP contribution in [0.15, 0.2) is 76.6 Å². The number of nitrogens with zero attached hydrogens (tertiary/aromatic N) is 1. The lowest BCUT2D eigenvalue weighted by atomic mass is 9.96. The van der Waals surface area contributed by atoms with Crippen molar-refractivity contribution in [2.75, 3.05) is 11.9 Å². The molecule has 0 bridgehead atoms. The number of benzene rings is 2. The van der Waals surface area contributed by atoms with Gasteiger partial charge in [-0.15, -0.1) is 0 Å². The highest BCUT2D eigenvalue weighted by atomic mass is 32.2. The Bertz CT molecular complexity index is 981. The standard InChI is InChI=1S/C26H29NO2S/c1-4-8-18-14-20(9-5-2)21(15-18)26(28)29-17-19-12-13-23-25(16-19)30-24-11-7-6-10-22(24)27(23)3/h4-13,16,18,20-21H,14-15,17H2,1-3H3/b8-4-,9-5-. The van der Waals surface area contributed by atoms with Crippen LogP contribution in [0.5, 0.6) is 0 Å². The van der Waals surface area contributed by atoms with Gasteiger partial charge in [-0.1, -0.05) is 54.3 Å². The van der Waals surface area contributed by atoms with Gasteiger partial charge in [0, 0.05) is 16.8 Å². The van der Waals surface area contributed by atoms with Crippen LogP contribution >= 0.6 is 11.8 Å². The molecular weight excluding hydrogens is 390 g/mol. The second-order valence-electron chi connectivity index (χ2n) is 8.09. The second-order valence-corrected chi connectivity index (χ2v) is 9.18. The Morgan fingerprint density at radius 3 is 2.63 bits per heavy atom. The van der Waals surface area contributed by atoms with E-state index < -0.39 is 0 Å². The van der Waals surface area contributed by atoms with Gasteiger partial charge in [-0.25, -0.2) is 0 Å². The van der Waals surface area contributed by atoms with E-state index in [4.69, 9.17) is 4.74 Å². The molecule has 0 saturated heterocycles. The molecule has 3 atom stereocenters. The van der Waals surface area contributed by atoms with Gasteiger partial charge < -0.3 is 9.64 Å². The highest BCUT2D eigenvalue weighted by molar-refractivity contribution is 7.99. The Morgan fingerprint density at radius 1 is 1.07 bits per heavy atom. The predicted molar refractivity (Wildman–Crippen MR) is 124 cm³/mol. The Labute approximate surface area is 183 Å². The number of carbonyl (C=O) groups is 1. The van der Waals surface area contributed by atoms with E-state index in [1.807, 2.05) is 13.8 Å². The first-order chi connectivity index (χ1) is 14.6. The van der Waals surface area contributed by atoms with Gasteiger partial charge in [0.1, 0.15) is 6.61 Å². The quantitative estimate of drug-likeness (QED) is 0.396. The van der Waals surface area contributed by atoms with Crippen LogP contribution in [0.1, 0.15) is 32.3 Å². The normalized spacial score (nSPS) is 23.0. The van der Waals surface area contributed by atoms with Crippen molar-refractivity contribution in [2.45, 2.75) is 43.1 Å². The van der Waals surface area contributed by atoms with Crippen molar-refractivity contribution in [3.63, 3.8) is 0 Å². The molecule has 1 heterocycles. The van der Waals surface area contributed by atoms with Crippen LogP contribution in [0, 0.1) is 17.8 Å².